The van der Waals surface area contributed by atoms with Crippen molar-refractivity contribution >= 4 is 21.8 Å². The molecule has 0 heterocycles. The van der Waals surface area contributed by atoms with Gasteiger partial charge < -0.3 is 11.1 Å². The van der Waals surface area contributed by atoms with Crippen molar-refractivity contribution in [3.8, 4) is 0 Å². The molecule has 0 bridgehead atoms. The molecule has 1 amide bonds. The normalized spacial score (nSPS) is 17.4. The van der Waals surface area contributed by atoms with E-state index < -0.39 is 0 Å². The summed E-state index contributed by atoms with van der Waals surface area (Å²) < 4.78 is 1.04. The van der Waals surface area contributed by atoms with E-state index in [2.05, 4.69) is 33.4 Å². The lowest BCUT2D eigenvalue weighted by molar-refractivity contribution is -0.128. The van der Waals surface area contributed by atoms with Gasteiger partial charge in [-0.05, 0) is 49.9 Å². The summed E-state index contributed by atoms with van der Waals surface area (Å²) >= 11 is 3.53. The second-order valence-corrected chi connectivity index (χ2v) is 6.82. The van der Waals surface area contributed by atoms with Crippen LogP contribution in [0.1, 0.15) is 50.5 Å². The number of hydrogen-bond acceptors (Lipinski definition) is 2. The lowest BCUT2D eigenvalue weighted by atomic mass is 9.68. The molecule has 4 heteroatoms. The van der Waals surface area contributed by atoms with Crippen molar-refractivity contribution in [1.29, 1.82) is 0 Å². The van der Waals surface area contributed by atoms with Crippen LogP contribution in [0.4, 0.5) is 0 Å². The maximum Gasteiger partial charge on any atom is 0.230 e. The zero-order valence-electron chi connectivity index (χ0n) is 12.5. The average Bonchev–Trinajstić information content (AvgIpc) is 2.52. The standard InChI is InChI=1S/C17H25BrN2O/c18-15-8-6-7-14(13-15)17(9-2-1-3-10-17)16(21)20-12-5-4-11-19/h6-8,13H,1-5,9-12,19H2,(H,20,21). The Morgan fingerprint density at radius 3 is 2.67 bits per heavy atom. The third kappa shape index (κ3) is 4.07. The van der Waals surface area contributed by atoms with Gasteiger partial charge >= 0.3 is 0 Å². The Labute approximate surface area is 135 Å². The van der Waals surface area contributed by atoms with E-state index >= 15 is 0 Å². The summed E-state index contributed by atoms with van der Waals surface area (Å²) in [5.74, 6) is 0.192. The molecule has 1 aromatic rings. The van der Waals surface area contributed by atoms with Crippen LogP contribution in [0.25, 0.3) is 0 Å². The summed E-state index contributed by atoms with van der Waals surface area (Å²) in [6.07, 6.45) is 7.31. The van der Waals surface area contributed by atoms with Crippen LogP contribution < -0.4 is 11.1 Å². The van der Waals surface area contributed by atoms with Crippen molar-refractivity contribution in [1.82, 2.24) is 5.32 Å². The number of unbranched alkanes of at least 4 members (excludes halogenated alkanes) is 1. The van der Waals surface area contributed by atoms with Crippen LogP contribution in [0.5, 0.6) is 0 Å². The topological polar surface area (TPSA) is 55.1 Å². The minimum atomic E-state index is -0.343. The van der Waals surface area contributed by atoms with Gasteiger partial charge in [-0.2, -0.15) is 0 Å². The SMILES string of the molecule is NCCCCNC(=O)C1(c2cccc(Br)c2)CCCCC1. The number of nitrogens with two attached hydrogens (primary N) is 1. The van der Waals surface area contributed by atoms with Crippen molar-refractivity contribution in [3.05, 3.63) is 34.3 Å². The van der Waals surface area contributed by atoms with E-state index in [4.69, 9.17) is 5.73 Å². The van der Waals surface area contributed by atoms with Crippen LogP contribution in [0.2, 0.25) is 0 Å². The molecule has 1 saturated carbocycles. The molecule has 116 valence electrons. The first-order valence-electron chi connectivity index (χ1n) is 7.93. The molecular weight excluding hydrogens is 328 g/mol. The summed E-state index contributed by atoms with van der Waals surface area (Å²) in [6, 6.07) is 8.23. The van der Waals surface area contributed by atoms with Gasteiger partial charge in [0.05, 0.1) is 5.41 Å². The number of hydrogen-bond donors (Lipinski definition) is 2. The highest BCUT2D eigenvalue weighted by molar-refractivity contribution is 9.10. The minimum absolute atomic E-state index is 0.192. The van der Waals surface area contributed by atoms with Gasteiger partial charge in [0.15, 0.2) is 0 Å². The Bertz CT molecular complexity index is 470. The Hall–Kier alpha value is -0.870. The Balaban J connectivity index is 2.15. The first-order valence-corrected chi connectivity index (χ1v) is 8.73. The van der Waals surface area contributed by atoms with E-state index in [1.165, 1.54) is 6.42 Å². The van der Waals surface area contributed by atoms with Gasteiger partial charge in [0.2, 0.25) is 5.91 Å². The molecule has 1 aliphatic carbocycles. The van der Waals surface area contributed by atoms with Crippen molar-refractivity contribution < 1.29 is 4.79 Å². The van der Waals surface area contributed by atoms with Crippen molar-refractivity contribution in [2.45, 2.75) is 50.4 Å². The molecule has 1 aromatic carbocycles. The van der Waals surface area contributed by atoms with E-state index in [0.717, 1.165) is 55.1 Å². The number of nitrogens with one attached hydrogen (secondary N) is 1. The van der Waals surface area contributed by atoms with Gasteiger partial charge in [-0.15, -0.1) is 0 Å². The molecule has 1 aliphatic rings. The van der Waals surface area contributed by atoms with Crippen molar-refractivity contribution in [3.63, 3.8) is 0 Å². The third-order valence-corrected chi connectivity index (χ3v) is 4.93. The molecule has 0 radical (unpaired) electrons. The molecule has 0 saturated heterocycles. The molecule has 3 nitrogen and oxygen atoms in total. The monoisotopic (exact) mass is 352 g/mol. The molecule has 2 rings (SSSR count). The second kappa shape index (κ2) is 7.95. The van der Waals surface area contributed by atoms with Gasteiger partial charge in [-0.25, -0.2) is 0 Å². The Morgan fingerprint density at radius 2 is 2.00 bits per heavy atom. The van der Waals surface area contributed by atoms with Crippen molar-refractivity contribution in [2.24, 2.45) is 5.73 Å². The molecule has 1 fully saturated rings. The van der Waals surface area contributed by atoms with E-state index in [1.54, 1.807) is 0 Å². The van der Waals surface area contributed by atoms with Crippen LogP contribution in [-0.2, 0) is 10.2 Å². The summed E-state index contributed by atoms with van der Waals surface area (Å²) in [5, 5.41) is 3.14. The number of amides is 1. The number of rotatable bonds is 6. The van der Waals surface area contributed by atoms with Crippen LogP contribution in [0, 0.1) is 0 Å². The minimum Gasteiger partial charge on any atom is -0.355 e. The smallest absolute Gasteiger partial charge is 0.230 e. The van der Waals surface area contributed by atoms with E-state index in [9.17, 15) is 4.79 Å². The van der Waals surface area contributed by atoms with Gasteiger partial charge in [0, 0.05) is 11.0 Å². The van der Waals surface area contributed by atoms with Crippen molar-refractivity contribution in [2.75, 3.05) is 13.1 Å². The van der Waals surface area contributed by atoms with Gasteiger partial charge in [0.25, 0.3) is 0 Å². The lowest BCUT2D eigenvalue weighted by Crippen LogP contribution is -2.46. The summed E-state index contributed by atoms with van der Waals surface area (Å²) in [7, 11) is 0. The van der Waals surface area contributed by atoms with E-state index in [0.29, 0.717) is 6.54 Å². The van der Waals surface area contributed by atoms with Crippen LogP contribution in [0.3, 0.4) is 0 Å². The largest absolute Gasteiger partial charge is 0.355 e. The lowest BCUT2D eigenvalue weighted by Gasteiger charge is -2.36. The fraction of sp³-hybridized carbons (Fsp3) is 0.588. The molecule has 0 atom stereocenters. The maximum absolute atomic E-state index is 12.8. The fourth-order valence-corrected chi connectivity index (χ4v) is 3.63. The van der Waals surface area contributed by atoms with E-state index in [1.807, 2.05) is 12.1 Å². The number of halogens is 1. The first-order chi connectivity index (χ1) is 10.2. The molecule has 0 aliphatic heterocycles. The predicted molar refractivity (Wildman–Crippen MR) is 90.2 cm³/mol. The number of carbonyl (C=O) groups is 1. The zero-order valence-corrected chi connectivity index (χ0v) is 14.1. The molecule has 0 aromatic heterocycles. The van der Waals surface area contributed by atoms with Crippen LogP contribution in [-0.4, -0.2) is 19.0 Å². The third-order valence-electron chi connectivity index (χ3n) is 4.44. The Kier molecular flexibility index (Phi) is 6.24. The second-order valence-electron chi connectivity index (χ2n) is 5.90. The maximum atomic E-state index is 12.8. The first kappa shape index (κ1) is 16.5. The molecule has 0 spiro atoms. The highest BCUT2D eigenvalue weighted by atomic mass is 79.9. The van der Waals surface area contributed by atoms with Gasteiger partial charge in [-0.3, -0.25) is 4.79 Å². The quantitative estimate of drug-likeness (QED) is 0.769. The number of benzene rings is 1. The summed E-state index contributed by atoms with van der Waals surface area (Å²) in [6.45, 7) is 1.42. The summed E-state index contributed by atoms with van der Waals surface area (Å²) in [4.78, 5) is 12.8. The molecule has 3 N–H and O–H groups in total. The predicted octanol–water partition coefficient (Wildman–Crippen LogP) is 3.51. The van der Waals surface area contributed by atoms with Crippen LogP contribution in [0.15, 0.2) is 28.7 Å². The highest BCUT2D eigenvalue weighted by Gasteiger charge is 2.40. The van der Waals surface area contributed by atoms with Crippen LogP contribution >= 0.6 is 15.9 Å². The van der Waals surface area contributed by atoms with E-state index in [-0.39, 0.29) is 11.3 Å². The molecular formula is C17H25BrN2O. The average molecular weight is 353 g/mol. The van der Waals surface area contributed by atoms with Gasteiger partial charge in [-0.1, -0.05) is 47.3 Å². The Morgan fingerprint density at radius 1 is 1.24 bits per heavy atom. The number of carbonyl (C=O) groups excluding carboxylic acids is 1. The fourth-order valence-electron chi connectivity index (χ4n) is 3.23. The summed E-state index contributed by atoms with van der Waals surface area (Å²) in [5.41, 5.74) is 6.31. The molecule has 0 unspecified atom stereocenters. The molecule has 21 heavy (non-hydrogen) atoms. The highest BCUT2D eigenvalue weighted by Crippen LogP contribution is 2.40. The zero-order chi connectivity index (χ0) is 15.1. The van der Waals surface area contributed by atoms with Gasteiger partial charge in [0.1, 0.15) is 0 Å².